The lowest BCUT2D eigenvalue weighted by Crippen LogP contribution is -2.16. The number of hydrogen-bond acceptors (Lipinski definition) is 7. The third-order valence-electron chi connectivity index (χ3n) is 5.27. The molecule has 3 rings (SSSR count). The molecule has 1 heterocycles. The number of aliphatic hydroxyl groups excluding tert-OH is 1. The van der Waals surface area contributed by atoms with Crippen LogP contribution in [-0.2, 0) is 23.0 Å². The van der Waals surface area contributed by atoms with Crippen LogP contribution in [0.25, 0.3) is 0 Å². The number of nitrogens with zero attached hydrogens (tertiary/aromatic N) is 2. The molecule has 8 nitrogen and oxygen atoms in total. The molecule has 0 unspecified atom stereocenters. The van der Waals surface area contributed by atoms with E-state index in [2.05, 4.69) is 22.2 Å². The molecule has 0 bridgehead atoms. The number of thioether (sulfide) groups is 1. The van der Waals surface area contributed by atoms with Gasteiger partial charge >= 0.3 is 0 Å². The van der Waals surface area contributed by atoms with E-state index in [-0.39, 0.29) is 12.2 Å². The predicted octanol–water partition coefficient (Wildman–Crippen LogP) is 4.30. The number of anilines is 1. The van der Waals surface area contributed by atoms with Crippen LogP contribution in [-0.4, -0.2) is 46.3 Å². The van der Waals surface area contributed by atoms with E-state index in [0.29, 0.717) is 23.7 Å². The minimum atomic E-state index is -4.53. The van der Waals surface area contributed by atoms with Gasteiger partial charge in [-0.1, -0.05) is 37.6 Å². The standard InChI is InChI=1S/C25H29N3O5S2/c1-3-4-8-22-21(25(34-15-14-29)27-17(2)26-22)16-18-10-12-19(13-11-18)28-24(30)20-7-5-6-9-23(20)35(31,32)33/h5-7,9-13,29H,3-4,8,14-16H2,1-2H3,(H,28,30)(H,31,32,33). The van der Waals surface area contributed by atoms with Gasteiger partial charge in [-0.15, -0.1) is 11.8 Å². The molecular weight excluding hydrogens is 486 g/mol. The average molecular weight is 516 g/mol. The molecule has 0 aliphatic heterocycles. The number of amides is 1. The zero-order valence-electron chi connectivity index (χ0n) is 19.7. The molecule has 0 aliphatic carbocycles. The molecule has 0 spiro atoms. The van der Waals surface area contributed by atoms with Crippen LogP contribution in [0.4, 0.5) is 5.69 Å². The van der Waals surface area contributed by atoms with Gasteiger partial charge in [0.1, 0.15) is 15.7 Å². The first-order valence-corrected chi connectivity index (χ1v) is 13.7. The van der Waals surface area contributed by atoms with Gasteiger partial charge in [0.2, 0.25) is 0 Å². The monoisotopic (exact) mass is 515 g/mol. The maximum Gasteiger partial charge on any atom is 0.295 e. The van der Waals surface area contributed by atoms with Gasteiger partial charge in [-0.2, -0.15) is 8.42 Å². The highest BCUT2D eigenvalue weighted by molar-refractivity contribution is 7.99. The van der Waals surface area contributed by atoms with Gasteiger partial charge in [0, 0.05) is 29.1 Å². The molecule has 1 amide bonds. The molecule has 3 aromatic rings. The molecule has 10 heteroatoms. The molecule has 0 aliphatic rings. The topological polar surface area (TPSA) is 129 Å². The van der Waals surface area contributed by atoms with Crippen molar-refractivity contribution in [3.05, 3.63) is 76.7 Å². The summed E-state index contributed by atoms with van der Waals surface area (Å²) in [6.07, 6.45) is 3.52. The number of rotatable bonds is 11. The largest absolute Gasteiger partial charge is 0.396 e. The number of nitrogens with one attached hydrogen (secondary N) is 1. The second kappa shape index (κ2) is 12.3. The maximum atomic E-state index is 12.7. The van der Waals surface area contributed by atoms with Crippen molar-refractivity contribution >= 4 is 33.5 Å². The summed E-state index contributed by atoms with van der Waals surface area (Å²) in [6.45, 7) is 4.07. The first kappa shape index (κ1) is 26.8. The summed E-state index contributed by atoms with van der Waals surface area (Å²) in [5, 5.41) is 12.8. The van der Waals surface area contributed by atoms with Crippen LogP contribution in [0.15, 0.2) is 58.5 Å². The van der Waals surface area contributed by atoms with Crippen LogP contribution < -0.4 is 5.32 Å². The van der Waals surface area contributed by atoms with Crippen molar-refractivity contribution in [2.24, 2.45) is 0 Å². The molecule has 0 fully saturated rings. The lowest BCUT2D eigenvalue weighted by Gasteiger charge is -2.15. The zero-order chi connectivity index (χ0) is 25.4. The van der Waals surface area contributed by atoms with Gasteiger partial charge in [0.15, 0.2) is 0 Å². The van der Waals surface area contributed by atoms with Crippen LogP contribution in [0.5, 0.6) is 0 Å². The normalized spacial score (nSPS) is 11.4. The summed E-state index contributed by atoms with van der Waals surface area (Å²) in [4.78, 5) is 21.5. The van der Waals surface area contributed by atoms with Crippen molar-refractivity contribution in [3.63, 3.8) is 0 Å². The number of carbonyl (C=O) groups is 1. The first-order chi connectivity index (χ1) is 16.7. The zero-order valence-corrected chi connectivity index (χ0v) is 21.3. The van der Waals surface area contributed by atoms with Crippen LogP contribution in [0.3, 0.4) is 0 Å². The summed E-state index contributed by atoms with van der Waals surface area (Å²) in [5.74, 6) is 0.623. The fourth-order valence-electron chi connectivity index (χ4n) is 3.60. The van der Waals surface area contributed by atoms with E-state index in [1.54, 1.807) is 12.1 Å². The summed E-state index contributed by atoms with van der Waals surface area (Å²) in [6, 6.07) is 12.7. The van der Waals surface area contributed by atoms with Crippen LogP contribution >= 0.6 is 11.8 Å². The predicted molar refractivity (Wildman–Crippen MR) is 137 cm³/mol. The minimum Gasteiger partial charge on any atom is -0.396 e. The van der Waals surface area contributed by atoms with E-state index in [0.717, 1.165) is 41.1 Å². The average Bonchev–Trinajstić information content (AvgIpc) is 2.83. The van der Waals surface area contributed by atoms with Crippen molar-refractivity contribution in [1.82, 2.24) is 9.97 Å². The summed E-state index contributed by atoms with van der Waals surface area (Å²) in [5.41, 5.74) is 3.41. The van der Waals surface area contributed by atoms with E-state index in [9.17, 15) is 22.9 Å². The van der Waals surface area contributed by atoms with Crippen molar-refractivity contribution in [2.75, 3.05) is 17.7 Å². The number of aryl methyl sites for hydroxylation is 2. The third kappa shape index (κ3) is 7.35. The van der Waals surface area contributed by atoms with Gasteiger partial charge in [-0.3, -0.25) is 9.35 Å². The van der Waals surface area contributed by atoms with Gasteiger partial charge in [-0.05, 0) is 49.6 Å². The summed E-state index contributed by atoms with van der Waals surface area (Å²) in [7, 11) is -4.53. The van der Waals surface area contributed by atoms with E-state index >= 15 is 0 Å². The number of unbranched alkanes of at least 4 members (excludes halogenated alkanes) is 1. The Morgan fingerprint density at radius 3 is 2.46 bits per heavy atom. The Morgan fingerprint density at radius 2 is 1.80 bits per heavy atom. The molecule has 0 saturated heterocycles. The Kier molecular flexibility index (Phi) is 9.39. The molecule has 1 aromatic heterocycles. The van der Waals surface area contributed by atoms with E-state index < -0.39 is 20.9 Å². The van der Waals surface area contributed by atoms with Crippen molar-refractivity contribution in [3.8, 4) is 0 Å². The lowest BCUT2D eigenvalue weighted by atomic mass is 10.0. The van der Waals surface area contributed by atoms with Gasteiger partial charge in [-0.25, -0.2) is 9.97 Å². The highest BCUT2D eigenvalue weighted by Crippen LogP contribution is 2.27. The Bertz CT molecular complexity index is 1250. The Balaban J connectivity index is 1.82. The molecule has 3 N–H and O–H groups in total. The van der Waals surface area contributed by atoms with E-state index in [4.69, 9.17) is 0 Å². The second-order valence-electron chi connectivity index (χ2n) is 7.98. The van der Waals surface area contributed by atoms with Gasteiger partial charge in [0.25, 0.3) is 16.0 Å². The maximum absolute atomic E-state index is 12.7. The molecule has 0 radical (unpaired) electrons. The SMILES string of the molecule is CCCCc1nc(C)nc(SCCO)c1Cc1ccc(NC(=O)c2ccccc2S(=O)(=O)O)cc1. The lowest BCUT2D eigenvalue weighted by molar-refractivity contribution is 0.102. The number of aliphatic hydroxyl groups is 1. The first-order valence-electron chi connectivity index (χ1n) is 11.3. The molecule has 2 aromatic carbocycles. The Hall–Kier alpha value is -2.79. The summed E-state index contributed by atoms with van der Waals surface area (Å²) >= 11 is 1.51. The fraction of sp³-hybridized carbons (Fsp3) is 0.320. The van der Waals surface area contributed by atoms with Gasteiger partial charge < -0.3 is 10.4 Å². The van der Waals surface area contributed by atoms with Crippen molar-refractivity contribution in [2.45, 2.75) is 49.5 Å². The van der Waals surface area contributed by atoms with E-state index in [1.165, 1.54) is 36.0 Å². The smallest absolute Gasteiger partial charge is 0.295 e. The number of carbonyl (C=O) groups excluding carboxylic acids is 1. The van der Waals surface area contributed by atoms with E-state index in [1.807, 2.05) is 19.1 Å². The second-order valence-corrected chi connectivity index (χ2v) is 10.4. The number of benzene rings is 2. The number of aromatic nitrogens is 2. The van der Waals surface area contributed by atoms with Crippen LogP contribution in [0.1, 0.15) is 52.8 Å². The molecule has 0 saturated carbocycles. The fourth-order valence-corrected chi connectivity index (χ4v) is 5.14. The third-order valence-corrected chi connectivity index (χ3v) is 7.18. The van der Waals surface area contributed by atoms with Gasteiger partial charge in [0.05, 0.1) is 12.2 Å². The van der Waals surface area contributed by atoms with Crippen molar-refractivity contribution < 1.29 is 22.9 Å². The highest BCUT2D eigenvalue weighted by Gasteiger charge is 2.20. The molecule has 186 valence electrons. The Morgan fingerprint density at radius 1 is 1.09 bits per heavy atom. The van der Waals surface area contributed by atoms with Crippen LogP contribution in [0, 0.1) is 6.92 Å². The summed E-state index contributed by atoms with van der Waals surface area (Å²) < 4.78 is 32.6. The Labute approximate surface area is 210 Å². The molecular formula is C25H29N3O5S2. The minimum absolute atomic E-state index is 0.0621. The molecule has 0 atom stereocenters. The quantitative estimate of drug-likeness (QED) is 0.196. The molecule has 35 heavy (non-hydrogen) atoms. The van der Waals surface area contributed by atoms with Crippen molar-refractivity contribution in [1.29, 1.82) is 0 Å². The highest BCUT2D eigenvalue weighted by atomic mass is 32.2. The number of hydrogen-bond donors (Lipinski definition) is 3. The van der Waals surface area contributed by atoms with Crippen LogP contribution in [0.2, 0.25) is 0 Å².